The summed E-state index contributed by atoms with van der Waals surface area (Å²) in [5, 5.41) is 2.25. The van der Waals surface area contributed by atoms with Gasteiger partial charge < -0.3 is 4.74 Å². The highest BCUT2D eigenvalue weighted by molar-refractivity contribution is 6.19. The number of rotatable bonds is 4. The maximum absolute atomic E-state index is 11.8. The van der Waals surface area contributed by atoms with Crippen LogP contribution in [0.4, 0.5) is 0 Å². The van der Waals surface area contributed by atoms with Crippen LogP contribution in [-0.4, -0.2) is 30.2 Å². The molecule has 0 radical (unpaired) electrons. The number of carbonyl (C=O) groups is 2. The number of hydrogen-bond acceptors (Lipinski definition) is 4. The summed E-state index contributed by atoms with van der Waals surface area (Å²) >= 11 is 0. The number of nitrogens with one attached hydrogen (secondary N) is 1. The predicted octanol–water partition coefficient (Wildman–Crippen LogP) is 1.13. The van der Waals surface area contributed by atoms with Gasteiger partial charge in [-0.15, -0.1) is 13.2 Å². The highest BCUT2D eigenvalue weighted by Crippen LogP contribution is 2.41. The van der Waals surface area contributed by atoms with Gasteiger partial charge in [-0.2, -0.15) is 0 Å². The number of ether oxygens (including phenoxy) is 1. The summed E-state index contributed by atoms with van der Waals surface area (Å²) in [5.74, 6) is -0.332. The Balaban J connectivity index is 1.94. The molecule has 4 atom stereocenters. The van der Waals surface area contributed by atoms with Crippen LogP contribution in [0.1, 0.15) is 12.8 Å². The Morgan fingerprint density at radius 3 is 2.70 bits per heavy atom. The molecule has 1 N–H and O–H groups in total. The second-order valence-electron chi connectivity index (χ2n) is 5.23. The molecule has 3 heterocycles. The predicted molar refractivity (Wildman–Crippen MR) is 73.9 cm³/mol. The Hall–Kier alpha value is -2.17. The smallest absolute Gasteiger partial charge is 0.293 e. The van der Waals surface area contributed by atoms with Crippen molar-refractivity contribution in [1.29, 1.82) is 0 Å². The first-order valence-corrected chi connectivity index (χ1v) is 6.69. The monoisotopic (exact) mass is 272 g/mol. The SMILES string of the molecule is C=CCC1C=NC2C3=C(OC2C1CC=C)C(=O)NC3=O. The minimum Gasteiger partial charge on any atom is -0.481 e. The molecule has 0 saturated heterocycles. The largest absolute Gasteiger partial charge is 0.481 e. The quantitative estimate of drug-likeness (QED) is 0.616. The summed E-state index contributed by atoms with van der Waals surface area (Å²) in [5.41, 5.74) is 0.377. The Bertz CT molecular complexity index is 561. The standard InChI is InChI=1S/C15H16N2O3/c1-3-5-8-7-16-11-10-13(15(19)17-14(10)18)20-12(11)9(8)6-4-2/h3-4,7-9,11-12H,1-2,5-6H2,(H,17,18,19). The normalized spacial score (nSPS) is 34.4. The lowest BCUT2D eigenvalue weighted by molar-refractivity contribution is -0.127. The van der Waals surface area contributed by atoms with E-state index in [0.29, 0.717) is 5.57 Å². The van der Waals surface area contributed by atoms with Gasteiger partial charge in [0.25, 0.3) is 11.8 Å². The van der Waals surface area contributed by atoms with E-state index < -0.39 is 5.91 Å². The third kappa shape index (κ3) is 1.73. The van der Waals surface area contributed by atoms with E-state index in [4.69, 9.17) is 4.74 Å². The first-order valence-electron chi connectivity index (χ1n) is 6.69. The molecular weight excluding hydrogens is 256 g/mol. The van der Waals surface area contributed by atoms with Crippen LogP contribution in [0.25, 0.3) is 0 Å². The van der Waals surface area contributed by atoms with Gasteiger partial charge >= 0.3 is 0 Å². The molecule has 0 bridgehead atoms. The molecule has 0 aliphatic carbocycles. The molecule has 3 aliphatic rings. The number of allylic oxidation sites excluding steroid dienone is 2. The maximum atomic E-state index is 11.8. The molecule has 20 heavy (non-hydrogen) atoms. The summed E-state index contributed by atoms with van der Waals surface area (Å²) in [4.78, 5) is 27.9. The van der Waals surface area contributed by atoms with E-state index in [-0.39, 0.29) is 35.6 Å². The second kappa shape index (κ2) is 4.74. The number of carbonyl (C=O) groups excluding carboxylic acids is 2. The first-order chi connectivity index (χ1) is 9.67. The van der Waals surface area contributed by atoms with Gasteiger partial charge in [0.1, 0.15) is 12.1 Å². The molecule has 5 nitrogen and oxygen atoms in total. The minimum absolute atomic E-state index is 0.149. The van der Waals surface area contributed by atoms with E-state index in [2.05, 4.69) is 23.5 Å². The Morgan fingerprint density at radius 2 is 2.00 bits per heavy atom. The van der Waals surface area contributed by atoms with Gasteiger partial charge in [0.2, 0.25) is 0 Å². The summed E-state index contributed by atoms with van der Waals surface area (Å²) in [7, 11) is 0. The van der Waals surface area contributed by atoms with Crippen LogP contribution in [-0.2, 0) is 14.3 Å². The van der Waals surface area contributed by atoms with Crippen molar-refractivity contribution in [2.75, 3.05) is 0 Å². The number of hydrogen-bond donors (Lipinski definition) is 1. The average molecular weight is 272 g/mol. The summed E-state index contributed by atoms with van der Waals surface area (Å²) in [6.07, 6.45) is 6.84. The minimum atomic E-state index is -0.452. The molecule has 0 aromatic rings. The molecule has 0 fully saturated rings. The van der Waals surface area contributed by atoms with Crippen LogP contribution in [0.2, 0.25) is 0 Å². The second-order valence-corrected chi connectivity index (χ2v) is 5.23. The molecule has 0 aromatic heterocycles. The molecular formula is C15H16N2O3. The summed E-state index contributed by atoms with van der Waals surface area (Å²) in [6, 6.07) is -0.373. The zero-order valence-electron chi connectivity index (χ0n) is 11.0. The van der Waals surface area contributed by atoms with Crippen LogP contribution >= 0.6 is 0 Å². The number of imide groups is 1. The van der Waals surface area contributed by atoms with E-state index in [1.165, 1.54) is 0 Å². The molecule has 2 amide bonds. The van der Waals surface area contributed by atoms with Gasteiger partial charge in [-0.1, -0.05) is 12.2 Å². The van der Waals surface area contributed by atoms with E-state index >= 15 is 0 Å². The van der Waals surface area contributed by atoms with Crippen molar-refractivity contribution in [1.82, 2.24) is 5.32 Å². The van der Waals surface area contributed by atoms with Gasteiger partial charge in [0.15, 0.2) is 5.76 Å². The van der Waals surface area contributed by atoms with Crippen molar-refractivity contribution in [2.45, 2.75) is 25.0 Å². The molecule has 3 aliphatic heterocycles. The lowest BCUT2D eigenvalue weighted by Gasteiger charge is -2.34. The first kappa shape index (κ1) is 12.8. The van der Waals surface area contributed by atoms with Crippen LogP contribution in [0.3, 0.4) is 0 Å². The van der Waals surface area contributed by atoms with Crippen LogP contribution in [0, 0.1) is 11.8 Å². The number of nitrogens with zero attached hydrogens (tertiary/aromatic N) is 1. The molecule has 0 aromatic carbocycles. The van der Waals surface area contributed by atoms with Crippen LogP contribution < -0.4 is 5.32 Å². The van der Waals surface area contributed by atoms with Gasteiger partial charge in [0.05, 0.1) is 5.57 Å². The fraction of sp³-hybridized carbons (Fsp3) is 0.400. The average Bonchev–Trinajstić information content (AvgIpc) is 2.92. The van der Waals surface area contributed by atoms with E-state index in [1.807, 2.05) is 18.4 Å². The van der Waals surface area contributed by atoms with Crippen LogP contribution in [0.5, 0.6) is 0 Å². The van der Waals surface area contributed by atoms with Crippen molar-refractivity contribution in [3.63, 3.8) is 0 Å². The Kier molecular flexibility index (Phi) is 3.04. The zero-order valence-corrected chi connectivity index (χ0v) is 11.0. The zero-order chi connectivity index (χ0) is 14.3. The van der Waals surface area contributed by atoms with Crippen molar-refractivity contribution in [2.24, 2.45) is 16.8 Å². The van der Waals surface area contributed by atoms with Gasteiger partial charge in [-0.25, -0.2) is 0 Å². The van der Waals surface area contributed by atoms with E-state index in [1.54, 1.807) is 0 Å². The topological polar surface area (TPSA) is 67.8 Å². The fourth-order valence-corrected chi connectivity index (χ4v) is 3.17. The Morgan fingerprint density at radius 1 is 1.25 bits per heavy atom. The lowest BCUT2D eigenvalue weighted by atomic mass is 9.78. The third-order valence-electron chi connectivity index (χ3n) is 4.07. The summed E-state index contributed by atoms with van der Waals surface area (Å²) < 4.78 is 5.76. The lowest BCUT2D eigenvalue weighted by Crippen LogP contribution is -2.43. The van der Waals surface area contributed by atoms with Gasteiger partial charge in [0, 0.05) is 18.1 Å². The molecule has 4 unspecified atom stereocenters. The van der Waals surface area contributed by atoms with Gasteiger partial charge in [-0.3, -0.25) is 19.9 Å². The molecule has 5 heteroatoms. The summed E-state index contributed by atoms with van der Waals surface area (Å²) in [6.45, 7) is 7.54. The van der Waals surface area contributed by atoms with E-state index in [0.717, 1.165) is 12.8 Å². The molecule has 104 valence electrons. The fourth-order valence-electron chi connectivity index (χ4n) is 3.17. The van der Waals surface area contributed by atoms with Crippen LogP contribution in [0.15, 0.2) is 41.6 Å². The highest BCUT2D eigenvalue weighted by atomic mass is 16.5. The highest BCUT2D eigenvalue weighted by Gasteiger charge is 2.52. The van der Waals surface area contributed by atoms with Gasteiger partial charge in [-0.05, 0) is 12.8 Å². The molecule has 0 saturated carbocycles. The Labute approximate surface area is 117 Å². The third-order valence-corrected chi connectivity index (χ3v) is 4.07. The van der Waals surface area contributed by atoms with Crippen molar-refractivity contribution < 1.29 is 14.3 Å². The number of fused-ring (bicyclic) bond motifs is 2. The molecule has 0 spiro atoms. The molecule has 3 rings (SSSR count). The van der Waals surface area contributed by atoms with E-state index in [9.17, 15) is 9.59 Å². The van der Waals surface area contributed by atoms with Crippen molar-refractivity contribution >= 4 is 18.0 Å². The van der Waals surface area contributed by atoms with Crippen molar-refractivity contribution in [3.05, 3.63) is 36.6 Å². The number of amides is 2. The maximum Gasteiger partial charge on any atom is 0.293 e. The number of aliphatic imine (C=N–C) groups is 1. The van der Waals surface area contributed by atoms with Crippen molar-refractivity contribution in [3.8, 4) is 0 Å².